The van der Waals surface area contributed by atoms with Crippen molar-refractivity contribution in [2.75, 3.05) is 5.73 Å². The number of rotatable bonds is 1. The van der Waals surface area contributed by atoms with Crippen molar-refractivity contribution in [2.45, 2.75) is 0 Å². The molecule has 0 aliphatic carbocycles. The van der Waals surface area contributed by atoms with Crippen LogP contribution in [-0.2, 0) is 0 Å². The Kier molecular flexibility index (Phi) is 2.14. The van der Waals surface area contributed by atoms with E-state index in [0.717, 1.165) is 0 Å². The van der Waals surface area contributed by atoms with Crippen LogP contribution in [0.25, 0.3) is 0 Å². The van der Waals surface area contributed by atoms with Crippen molar-refractivity contribution in [3.05, 3.63) is 29.6 Å². The Morgan fingerprint density at radius 2 is 2.17 bits per heavy atom. The maximum absolute atomic E-state index is 12.9. The van der Waals surface area contributed by atoms with E-state index >= 15 is 0 Å². The van der Waals surface area contributed by atoms with Crippen molar-refractivity contribution >= 4 is 11.5 Å². The van der Waals surface area contributed by atoms with Gasteiger partial charge >= 0.3 is 0 Å². The molecule has 0 amide bonds. The second kappa shape index (κ2) is 3.08. The summed E-state index contributed by atoms with van der Waals surface area (Å²) in [5, 5.41) is 10.9. The van der Waals surface area contributed by atoms with E-state index < -0.39 is 5.82 Å². The van der Waals surface area contributed by atoms with Crippen molar-refractivity contribution < 1.29 is 9.60 Å². The molecule has 0 aliphatic heterocycles. The van der Waals surface area contributed by atoms with E-state index in [1.807, 2.05) is 0 Å². The topological polar surface area (TPSA) is 84.6 Å². The highest BCUT2D eigenvalue weighted by Gasteiger charge is 2.09. The fraction of sp³-hybridized carbons (Fsp3) is 0. The number of halogens is 1. The number of nitrogens with two attached hydrogens (primary N) is 2. The Bertz CT molecular complexity index is 304. The molecule has 5 heteroatoms. The largest absolute Gasteiger partial charge is 0.409 e. The van der Waals surface area contributed by atoms with Gasteiger partial charge in [-0.2, -0.15) is 0 Å². The molecular formula is C7H8FN3O. The van der Waals surface area contributed by atoms with Crippen LogP contribution in [0.1, 0.15) is 5.56 Å². The molecule has 0 radical (unpaired) electrons. The normalized spacial score (nSPS) is 11.6. The molecule has 0 spiro atoms. The van der Waals surface area contributed by atoms with Crippen LogP contribution in [0.5, 0.6) is 0 Å². The van der Waals surface area contributed by atoms with E-state index in [2.05, 4.69) is 5.16 Å². The standard InChI is InChI=1S/C7H8FN3O/c8-4-2-1-3-5(9)6(4)7(10)11-12/h1-3,12H,9H2,(H2,10,11). The minimum absolute atomic E-state index is 0.0694. The van der Waals surface area contributed by atoms with Gasteiger partial charge in [-0.25, -0.2) is 4.39 Å². The Morgan fingerprint density at radius 3 is 2.67 bits per heavy atom. The molecule has 0 fully saturated rings. The number of anilines is 1. The molecule has 1 aromatic rings. The zero-order valence-corrected chi connectivity index (χ0v) is 6.16. The molecule has 4 nitrogen and oxygen atoms in total. The van der Waals surface area contributed by atoms with Crippen molar-refractivity contribution in [2.24, 2.45) is 10.9 Å². The highest BCUT2D eigenvalue weighted by atomic mass is 19.1. The zero-order valence-electron chi connectivity index (χ0n) is 6.16. The summed E-state index contributed by atoms with van der Waals surface area (Å²) < 4.78 is 12.9. The summed E-state index contributed by atoms with van der Waals surface area (Å²) in [6.45, 7) is 0. The van der Waals surface area contributed by atoms with Gasteiger partial charge in [0.15, 0.2) is 5.84 Å². The Labute approximate surface area is 68.3 Å². The molecular weight excluding hydrogens is 161 g/mol. The Hall–Kier alpha value is -1.78. The van der Waals surface area contributed by atoms with Crippen LogP contribution in [0, 0.1) is 5.82 Å². The number of hydrogen-bond acceptors (Lipinski definition) is 3. The van der Waals surface area contributed by atoms with Crippen LogP contribution >= 0.6 is 0 Å². The molecule has 0 unspecified atom stereocenters. The number of amidine groups is 1. The summed E-state index contributed by atoms with van der Waals surface area (Å²) in [5.74, 6) is -0.934. The lowest BCUT2D eigenvalue weighted by Gasteiger charge is -2.03. The molecule has 5 N–H and O–H groups in total. The molecule has 1 rings (SSSR count). The van der Waals surface area contributed by atoms with E-state index in [1.54, 1.807) is 0 Å². The Morgan fingerprint density at radius 1 is 1.50 bits per heavy atom. The molecule has 0 aromatic heterocycles. The van der Waals surface area contributed by atoms with Gasteiger partial charge in [-0.1, -0.05) is 11.2 Å². The molecule has 0 atom stereocenters. The van der Waals surface area contributed by atoms with Crippen LogP contribution in [-0.4, -0.2) is 11.0 Å². The van der Waals surface area contributed by atoms with Gasteiger partial charge < -0.3 is 16.7 Å². The van der Waals surface area contributed by atoms with Crippen LogP contribution < -0.4 is 11.5 Å². The van der Waals surface area contributed by atoms with Crippen LogP contribution in [0.4, 0.5) is 10.1 Å². The highest BCUT2D eigenvalue weighted by Crippen LogP contribution is 2.14. The summed E-state index contributed by atoms with van der Waals surface area (Å²) in [7, 11) is 0. The van der Waals surface area contributed by atoms with Crippen LogP contribution in [0.15, 0.2) is 23.4 Å². The maximum atomic E-state index is 12.9. The smallest absolute Gasteiger partial charge is 0.175 e. The van der Waals surface area contributed by atoms with E-state index in [1.165, 1.54) is 18.2 Å². The number of oxime groups is 1. The van der Waals surface area contributed by atoms with Gasteiger partial charge in [0.2, 0.25) is 0 Å². The minimum Gasteiger partial charge on any atom is -0.409 e. The number of benzene rings is 1. The van der Waals surface area contributed by atoms with E-state index in [4.69, 9.17) is 16.7 Å². The highest BCUT2D eigenvalue weighted by molar-refractivity contribution is 6.01. The van der Waals surface area contributed by atoms with Gasteiger partial charge in [-0.15, -0.1) is 0 Å². The van der Waals surface area contributed by atoms with Gasteiger partial charge in [-0.3, -0.25) is 0 Å². The van der Waals surface area contributed by atoms with Crippen molar-refractivity contribution in [3.63, 3.8) is 0 Å². The average Bonchev–Trinajstić information content (AvgIpc) is 2.03. The first kappa shape index (κ1) is 8.32. The lowest BCUT2D eigenvalue weighted by atomic mass is 10.1. The third kappa shape index (κ3) is 1.29. The summed E-state index contributed by atoms with van der Waals surface area (Å²) in [6, 6.07) is 4.10. The van der Waals surface area contributed by atoms with Gasteiger partial charge in [-0.05, 0) is 12.1 Å². The summed E-state index contributed by atoms with van der Waals surface area (Å²) in [6.07, 6.45) is 0. The third-order valence-electron chi connectivity index (χ3n) is 1.41. The summed E-state index contributed by atoms with van der Waals surface area (Å²) in [5.41, 5.74) is 10.6. The Balaban J connectivity index is 3.31. The first-order valence-electron chi connectivity index (χ1n) is 3.18. The van der Waals surface area contributed by atoms with E-state index in [9.17, 15) is 4.39 Å². The van der Waals surface area contributed by atoms with Crippen molar-refractivity contribution in [3.8, 4) is 0 Å². The fourth-order valence-electron chi connectivity index (χ4n) is 0.861. The first-order valence-corrected chi connectivity index (χ1v) is 3.18. The molecule has 0 bridgehead atoms. The van der Waals surface area contributed by atoms with Crippen LogP contribution in [0.3, 0.4) is 0 Å². The molecule has 0 saturated carbocycles. The van der Waals surface area contributed by atoms with Crippen molar-refractivity contribution in [1.82, 2.24) is 0 Å². The van der Waals surface area contributed by atoms with Crippen LogP contribution in [0.2, 0.25) is 0 Å². The van der Waals surface area contributed by atoms with Gasteiger partial charge in [0, 0.05) is 5.69 Å². The molecule has 0 heterocycles. The zero-order chi connectivity index (χ0) is 9.14. The molecule has 0 saturated heterocycles. The van der Waals surface area contributed by atoms with Gasteiger partial charge in [0.1, 0.15) is 5.82 Å². The number of nitrogen functional groups attached to an aromatic ring is 1. The SMILES string of the molecule is NC(=NO)c1c(N)cccc1F. The predicted octanol–water partition coefficient (Wildman–Crippen LogP) is 0.502. The monoisotopic (exact) mass is 169 g/mol. The molecule has 12 heavy (non-hydrogen) atoms. The number of nitrogens with zero attached hydrogens (tertiary/aromatic N) is 1. The van der Waals surface area contributed by atoms with E-state index in [0.29, 0.717) is 0 Å². The van der Waals surface area contributed by atoms with Gasteiger partial charge in [0.05, 0.1) is 5.56 Å². The summed E-state index contributed by atoms with van der Waals surface area (Å²) in [4.78, 5) is 0. The predicted molar refractivity (Wildman–Crippen MR) is 43.3 cm³/mol. The van der Waals surface area contributed by atoms with Gasteiger partial charge in [0.25, 0.3) is 0 Å². The molecule has 1 aromatic carbocycles. The lowest BCUT2D eigenvalue weighted by Crippen LogP contribution is -2.17. The number of hydrogen-bond donors (Lipinski definition) is 3. The fourth-order valence-corrected chi connectivity index (χ4v) is 0.861. The minimum atomic E-state index is -0.606. The maximum Gasteiger partial charge on any atom is 0.175 e. The first-order chi connectivity index (χ1) is 5.66. The van der Waals surface area contributed by atoms with Crippen molar-refractivity contribution in [1.29, 1.82) is 0 Å². The quantitative estimate of drug-likeness (QED) is 0.188. The third-order valence-corrected chi connectivity index (χ3v) is 1.41. The molecule has 0 aliphatic rings. The second-order valence-corrected chi connectivity index (χ2v) is 2.19. The molecule has 64 valence electrons. The van der Waals surface area contributed by atoms with E-state index in [-0.39, 0.29) is 17.1 Å². The second-order valence-electron chi connectivity index (χ2n) is 2.19. The lowest BCUT2D eigenvalue weighted by molar-refractivity contribution is 0.318. The summed E-state index contributed by atoms with van der Waals surface area (Å²) >= 11 is 0. The average molecular weight is 169 g/mol.